The highest BCUT2D eigenvalue weighted by atomic mass is 16.6. The second-order valence-corrected chi connectivity index (χ2v) is 8.58. The van der Waals surface area contributed by atoms with Gasteiger partial charge in [0, 0.05) is 19.0 Å². The van der Waals surface area contributed by atoms with E-state index in [-0.39, 0.29) is 32.0 Å². The van der Waals surface area contributed by atoms with E-state index in [0.29, 0.717) is 0 Å². The molecular formula is C24H30N2O5. The Bertz CT molecular complexity index is 877. The molecule has 1 aliphatic carbocycles. The smallest absolute Gasteiger partial charge is 0.407 e. The van der Waals surface area contributed by atoms with Gasteiger partial charge in [-0.05, 0) is 49.4 Å². The highest BCUT2D eigenvalue weighted by molar-refractivity contribution is 5.79. The standard InChI is InChI=1S/C24H30N2O5/c1-24(2,3)31-23(29)25-13-12-16(27)14-26-22(28)30-15-21-19-10-6-4-8-17(19)18-9-5-7-11-20(18)21/h4-11,16,21,27H,12-15H2,1-3H3,(H,25,29)(H,26,28). The number of benzene rings is 2. The minimum atomic E-state index is -0.810. The lowest BCUT2D eigenvalue weighted by atomic mass is 9.98. The molecule has 0 aromatic heterocycles. The van der Waals surface area contributed by atoms with E-state index in [1.54, 1.807) is 20.8 Å². The average Bonchev–Trinajstić information content (AvgIpc) is 3.03. The van der Waals surface area contributed by atoms with Gasteiger partial charge >= 0.3 is 12.2 Å². The van der Waals surface area contributed by atoms with Crippen LogP contribution in [0, 0.1) is 0 Å². The number of fused-ring (bicyclic) bond motifs is 3. The van der Waals surface area contributed by atoms with Gasteiger partial charge in [0.1, 0.15) is 12.2 Å². The second kappa shape index (κ2) is 9.83. The van der Waals surface area contributed by atoms with Crippen LogP contribution < -0.4 is 10.6 Å². The van der Waals surface area contributed by atoms with E-state index >= 15 is 0 Å². The first-order chi connectivity index (χ1) is 14.7. The van der Waals surface area contributed by atoms with E-state index < -0.39 is 23.9 Å². The number of carbonyl (C=O) groups is 2. The van der Waals surface area contributed by atoms with Crippen molar-refractivity contribution in [3.8, 4) is 11.1 Å². The summed E-state index contributed by atoms with van der Waals surface area (Å²) in [6.07, 6.45) is -1.65. The largest absolute Gasteiger partial charge is 0.449 e. The van der Waals surface area contributed by atoms with Crippen LogP contribution in [-0.4, -0.2) is 48.7 Å². The van der Waals surface area contributed by atoms with Crippen LogP contribution in [-0.2, 0) is 9.47 Å². The van der Waals surface area contributed by atoms with Crippen molar-refractivity contribution >= 4 is 12.2 Å². The predicted molar refractivity (Wildman–Crippen MR) is 118 cm³/mol. The highest BCUT2D eigenvalue weighted by Crippen LogP contribution is 2.44. The van der Waals surface area contributed by atoms with Gasteiger partial charge in [-0.3, -0.25) is 0 Å². The normalized spacial score (nSPS) is 13.7. The fourth-order valence-corrected chi connectivity index (χ4v) is 3.61. The lowest BCUT2D eigenvalue weighted by molar-refractivity contribution is 0.0517. The topological polar surface area (TPSA) is 96.9 Å². The van der Waals surface area contributed by atoms with Gasteiger partial charge in [-0.1, -0.05) is 48.5 Å². The molecule has 2 aromatic carbocycles. The molecule has 31 heavy (non-hydrogen) atoms. The molecule has 2 amide bonds. The van der Waals surface area contributed by atoms with Gasteiger partial charge in [0.25, 0.3) is 0 Å². The summed E-state index contributed by atoms with van der Waals surface area (Å²) < 4.78 is 10.6. The van der Waals surface area contributed by atoms with E-state index in [0.717, 1.165) is 11.1 Å². The van der Waals surface area contributed by atoms with E-state index in [2.05, 4.69) is 34.9 Å². The zero-order valence-electron chi connectivity index (χ0n) is 18.2. The lowest BCUT2D eigenvalue weighted by Gasteiger charge is -2.20. The molecule has 0 radical (unpaired) electrons. The average molecular weight is 427 g/mol. The van der Waals surface area contributed by atoms with Crippen LogP contribution in [0.2, 0.25) is 0 Å². The molecule has 0 spiro atoms. The van der Waals surface area contributed by atoms with Crippen LogP contribution in [0.1, 0.15) is 44.2 Å². The monoisotopic (exact) mass is 426 g/mol. The molecular weight excluding hydrogens is 396 g/mol. The Labute approximate surface area is 182 Å². The Balaban J connectivity index is 1.41. The molecule has 0 bridgehead atoms. The second-order valence-electron chi connectivity index (χ2n) is 8.58. The number of alkyl carbamates (subject to hydrolysis) is 2. The first-order valence-electron chi connectivity index (χ1n) is 10.5. The van der Waals surface area contributed by atoms with Crippen molar-refractivity contribution in [3.63, 3.8) is 0 Å². The molecule has 1 unspecified atom stereocenters. The van der Waals surface area contributed by atoms with Crippen molar-refractivity contribution in [3.05, 3.63) is 59.7 Å². The minimum absolute atomic E-state index is 0.0129. The summed E-state index contributed by atoms with van der Waals surface area (Å²) in [7, 11) is 0. The van der Waals surface area contributed by atoms with Crippen molar-refractivity contribution in [2.75, 3.05) is 19.7 Å². The zero-order valence-corrected chi connectivity index (χ0v) is 18.2. The Morgan fingerprint density at radius 2 is 1.55 bits per heavy atom. The molecule has 0 heterocycles. The molecule has 3 N–H and O–H groups in total. The quantitative estimate of drug-likeness (QED) is 0.626. The van der Waals surface area contributed by atoms with Gasteiger partial charge in [0.05, 0.1) is 6.10 Å². The minimum Gasteiger partial charge on any atom is -0.449 e. The molecule has 7 heteroatoms. The predicted octanol–water partition coefficient (Wildman–Crippen LogP) is 3.80. The summed E-state index contributed by atoms with van der Waals surface area (Å²) >= 11 is 0. The van der Waals surface area contributed by atoms with E-state index in [1.165, 1.54) is 11.1 Å². The highest BCUT2D eigenvalue weighted by Gasteiger charge is 2.29. The number of amides is 2. The van der Waals surface area contributed by atoms with Crippen LogP contribution >= 0.6 is 0 Å². The van der Waals surface area contributed by atoms with Crippen LogP contribution in [0.25, 0.3) is 11.1 Å². The van der Waals surface area contributed by atoms with Crippen LogP contribution in [0.4, 0.5) is 9.59 Å². The number of hydrogen-bond donors (Lipinski definition) is 3. The molecule has 1 aliphatic rings. The summed E-state index contributed by atoms with van der Waals surface area (Å²) in [5.41, 5.74) is 4.04. The molecule has 0 aliphatic heterocycles. The van der Waals surface area contributed by atoms with Crippen molar-refractivity contribution < 1.29 is 24.2 Å². The van der Waals surface area contributed by atoms with E-state index in [4.69, 9.17) is 9.47 Å². The van der Waals surface area contributed by atoms with Crippen molar-refractivity contribution in [2.45, 2.75) is 44.8 Å². The van der Waals surface area contributed by atoms with Gasteiger partial charge in [-0.2, -0.15) is 0 Å². The van der Waals surface area contributed by atoms with Crippen molar-refractivity contribution in [1.82, 2.24) is 10.6 Å². The van der Waals surface area contributed by atoms with Gasteiger partial charge in [0.2, 0.25) is 0 Å². The number of hydrogen-bond acceptors (Lipinski definition) is 5. The Kier molecular flexibility index (Phi) is 7.17. The third-order valence-electron chi connectivity index (χ3n) is 4.97. The van der Waals surface area contributed by atoms with Crippen LogP contribution in [0.15, 0.2) is 48.5 Å². The molecule has 7 nitrogen and oxygen atoms in total. The van der Waals surface area contributed by atoms with Crippen LogP contribution in [0.3, 0.4) is 0 Å². The molecule has 1 atom stereocenters. The summed E-state index contributed by atoms with van der Waals surface area (Å²) in [4.78, 5) is 23.7. The SMILES string of the molecule is CC(C)(C)OC(=O)NCCC(O)CNC(=O)OCC1c2ccccc2-c2ccccc21. The van der Waals surface area contributed by atoms with Gasteiger partial charge < -0.3 is 25.2 Å². The summed E-state index contributed by atoms with van der Waals surface area (Å²) in [5, 5.41) is 15.2. The third kappa shape index (κ3) is 6.21. The van der Waals surface area contributed by atoms with Crippen molar-refractivity contribution in [1.29, 1.82) is 0 Å². The maximum Gasteiger partial charge on any atom is 0.407 e. The first-order valence-corrected chi connectivity index (χ1v) is 10.5. The zero-order chi connectivity index (χ0) is 22.4. The van der Waals surface area contributed by atoms with Crippen LogP contribution in [0.5, 0.6) is 0 Å². The number of ether oxygens (including phenoxy) is 2. The Morgan fingerprint density at radius 3 is 2.13 bits per heavy atom. The van der Waals surface area contributed by atoms with Gasteiger partial charge in [-0.15, -0.1) is 0 Å². The molecule has 166 valence electrons. The summed E-state index contributed by atoms with van der Waals surface area (Å²) in [6.45, 7) is 5.82. The fraction of sp³-hybridized carbons (Fsp3) is 0.417. The third-order valence-corrected chi connectivity index (χ3v) is 4.97. The number of nitrogens with one attached hydrogen (secondary N) is 2. The summed E-state index contributed by atoms with van der Waals surface area (Å²) in [6, 6.07) is 16.3. The maximum absolute atomic E-state index is 12.1. The molecule has 3 rings (SSSR count). The number of aliphatic hydroxyl groups excluding tert-OH is 1. The van der Waals surface area contributed by atoms with E-state index in [1.807, 2.05) is 24.3 Å². The maximum atomic E-state index is 12.1. The lowest BCUT2D eigenvalue weighted by Crippen LogP contribution is -2.37. The Morgan fingerprint density at radius 1 is 0.968 bits per heavy atom. The number of rotatable bonds is 7. The first kappa shape index (κ1) is 22.6. The fourth-order valence-electron chi connectivity index (χ4n) is 3.61. The number of carbonyl (C=O) groups excluding carboxylic acids is 2. The van der Waals surface area contributed by atoms with Gasteiger partial charge in [-0.25, -0.2) is 9.59 Å². The van der Waals surface area contributed by atoms with E-state index in [9.17, 15) is 14.7 Å². The number of aliphatic hydroxyl groups is 1. The molecule has 0 saturated carbocycles. The summed E-state index contributed by atoms with van der Waals surface area (Å²) in [5.74, 6) is -0.0129. The molecule has 0 saturated heterocycles. The van der Waals surface area contributed by atoms with Crippen molar-refractivity contribution in [2.24, 2.45) is 0 Å². The Hall–Kier alpha value is -3.06. The van der Waals surface area contributed by atoms with Gasteiger partial charge in [0.15, 0.2) is 0 Å². The molecule has 2 aromatic rings. The molecule has 0 fully saturated rings.